The van der Waals surface area contributed by atoms with E-state index >= 15 is 0 Å². The number of Topliss-reactive ketones (excluding diaryl/α,β-unsaturated/α-hetero) is 1. The highest BCUT2D eigenvalue weighted by atomic mass is 32.2. The average molecular weight is 674 g/mol. The standard InChI is InChI=1S/C30H59NO13S/c1-3-7-34-8-9-35-10-11-37-15-18-40-21-24-43-44-25-22-41-19-16-38-13-12-36-14-17-39-20-23-42-30(33)5-4-29(28(2)32)27-45-26-6-31/h29H,3-27,31H2,1-2H3. The van der Waals surface area contributed by atoms with Crippen molar-refractivity contribution >= 4 is 23.5 Å². The maximum absolute atomic E-state index is 11.9. The molecule has 268 valence electrons. The molecule has 0 aromatic heterocycles. The Balaban J connectivity index is 3.23. The molecule has 45 heavy (non-hydrogen) atoms. The minimum absolute atomic E-state index is 0.0839. The molecule has 0 radical (unpaired) electrons. The number of esters is 1. The number of thioether (sulfide) groups is 1. The van der Waals surface area contributed by atoms with E-state index in [9.17, 15) is 9.59 Å². The second kappa shape index (κ2) is 37.5. The molecule has 0 aromatic carbocycles. The van der Waals surface area contributed by atoms with E-state index in [4.69, 9.17) is 58.1 Å². The molecule has 0 aliphatic carbocycles. The summed E-state index contributed by atoms with van der Waals surface area (Å²) in [6, 6.07) is 0. The van der Waals surface area contributed by atoms with E-state index in [2.05, 4.69) is 6.92 Å². The summed E-state index contributed by atoms with van der Waals surface area (Å²) in [4.78, 5) is 33.6. The molecular weight excluding hydrogens is 614 g/mol. The van der Waals surface area contributed by atoms with E-state index in [0.717, 1.165) is 18.8 Å². The van der Waals surface area contributed by atoms with E-state index in [0.29, 0.717) is 124 Å². The van der Waals surface area contributed by atoms with Crippen LogP contribution in [0.1, 0.15) is 33.1 Å². The van der Waals surface area contributed by atoms with E-state index in [1.54, 1.807) is 18.7 Å². The Morgan fingerprint density at radius 1 is 0.578 bits per heavy atom. The zero-order valence-electron chi connectivity index (χ0n) is 27.5. The monoisotopic (exact) mass is 673 g/mol. The topological polar surface area (TPSA) is 162 Å². The van der Waals surface area contributed by atoms with Crippen LogP contribution in [0.2, 0.25) is 0 Å². The lowest BCUT2D eigenvalue weighted by molar-refractivity contribution is -0.303. The fourth-order valence-corrected chi connectivity index (χ4v) is 4.28. The molecule has 2 N–H and O–H groups in total. The Hall–Kier alpha value is -0.950. The first kappa shape index (κ1) is 44.0. The molecule has 0 saturated carbocycles. The molecular formula is C30H59NO13S. The first-order chi connectivity index (χ1) is 22.1. The summed E-state index contributed by atoms with van der Waals surface area (Å²) in [5, 5.41) is 0. The van der Waals surface area contributed by atoms with Gasteiger partial charge in [0.05, 0.1) is 99.1 Å². The van der Waals surface area contributed by atoms with E-state index in [1.807, 2.05) is 0 Å². The predicted molar refractivity (Wildman–Crippen MR) is 169 cm³/mol. The third kappa shape index (κ3) is 35.7. The molecule has 0 amide bonds. The third-order valence-corrected chi connectivity index (χ3v) is 6.79. The lowest BCUT2D eigenvalue weighted by Gasteiger charge is -2.13. The van der Waals surface area contributed by atoms with Crippen molar-refractivity contribution in [3.8, 4) is 0 Å². The average Bonchev–Trinajstić information content (AvgIpc) is 3.03. The van der Waals surface area contributed by atoms with Crippen molar-refractivity contribution in [1.82, 2.24) is 0 Å². The zero-order chi connectivity index (χ0) is 32.9. The van der Waals surface area contributed by atoms with Gasteiger partial charge in [0.25, 0.3) is 0 Å². The van der Waals surface area contributed by atoms with E-state index in [1.165, 1.54) is 0 Å². The summed E-state index contributed by atoms with van der Waals surface area (Å²) < 4.78 is 48.3. The molecule has 14 nitrogen and oxygen atoms in total. The van der Waals surface area contributed by atoms with Crippen LogP contribution in [0.15, 0.2) is 0 Å². The summed E-state index contributed by atoms with van der Waals surface area (Å²) in [6.45, 7) is 12.7. The largest absolute Gasteiger partial charge is 0.463 e. The highest BCUT2D eigenvalue weighted by Crippen LogP contribution is 2.15. The number of rotatable bonds is 38. The van der Waals surface area contributed by atoms with Gasteiger partial charge in [-0.1, -0.05) is 6.92 Å². The smallest absolute Gasteiger partial charge is 0.305 e. The quantitative estimate of drug-likeness (QED) is 0.0436. The Morgan fingerprint density at radius 3 is 1.33 bits per heavy atom. The van der Waals surface area contributed by atoms with Gasteiger partial charge in [0.1, 0.15) is 25.6 Å². The molecule has 0 bridgehead atoms. The van der Waals surface area contributed by atoms with Crippen LogP contribution in [-0.2, 0) is 62.0 Å². The van der Waals surface area contributed by atoms with Crippen molar-refractivity contribution in [1.29, 1.82) is 0 Å². The highest BCUT2D eigenvalue weighted by Gasteiger charge is 2.16. The second-order valence-electron chi connectivity index (χ2n) is 9.47. The van der Waals surface area contributed by atoms with Crippen molar-refractivity contribution in [3.05, 3.63) is 0 Å². The number of ether oxygens (including phenoxy) is 9. The summed E-state index contributed by atoms with van der Waals surface area (Å²) in [5.41, 5.74) is 5.47. The van der Waals surface area contributed by atoms with Gasteiger partial charge in [-0.2, -0.15) is 11.8 Å². The van der Waals surface area contributed by atoms with Crippen LogP contribution >= 0.6 is 11.8 Å². The van der Waals surface area contributed by atoms with Gasteiger partial charge >= 0.3 is 5.97 Å². The highest BCUT2D eigenvalue weighted by molar-refractivity contribution is 7.99. The van der Waals surface area contributed by atoms with Crippen molar-refractivity contribution in [2.24, 2.45) is 11.7 Å². The van der Waals surface area contributed by atoms with Crippen molar-refractivity contribution < 1.29 is 62.0 Å². The molecule has 0 heterocycles. The molecule has 0 aliphatic heterocycles. The van der Waals surface area contributed by atoms with E-state index < -0.39 is 0 Å². The van der Waals surface area contributed by atoms with Gasteiger partial charge in [0, 0.05) is 37.0 Å². The summed E-state index contributed by atoms with van der Waals surface area (Å²) in [6.07, 6.45) is 1.71. The van der Waals surface area contributed by atoms with Crippen LogP contribution in [-0.4, -0.2) is 155 Å². The number of carbonyl (C=O) groups excluding carboxylic acids is 2. The van der Waals surface area contributed by atoms with Crippen LogP contribution in [0, 0.1) is 5.92 Å². The molecule has 1 atom stereocenters. The van der Waals surface area contributed by atoms with Gasteiger partial charge in [-0.25, -0.2) is 9.78 Å². The van der Waals surface area contributed by atoms with Gasteiger partial charge < -0.3 is 48.4 Å². The fourth-order valence-electron chi connectivity index (χ4n) is 3.26. The maximum atomic E-state index is 11.9. The lowest BCUT2D eigenvalue weighted by atomic mass is 10.0. The molecule has 0 spiro atoms. The van der Waals surface area contributed by atoms with Crippen molar-refractivity contribution in [3.63, 3.8) is 0 Å². The van der Waals surface area contributed by atoms with Crippen LogP contribution in [0.3, 0.4) is 0 Å². The third-order valence-electron chi connectivity index (χ3n) is 5.63. The van der Waals surface area contributed by atoms with Crippen molar-refractivity contribution in [2.45, 2.75) is 33.1 Å². The first-order valence-corrected chi connectivity index (χ1v) is 17.1. The minimum atomic E-state index is -0.326. The second-order valence-corrected chi connectivity index (χ2v) is 10.6. The number of hydrogen-bond donors (Lipinski definition) is 1. The molecule has 0 fully saturated rings. The lowest BCUT2D eigenvalue weighted by Crippen LogP contribution is -2.18. The first-order valence-electron chi connectivity index (χ1n) is 15.9. The Bertz CT molecular complexity index is 637. The Labute approximate surface area is 273 Å². The molecule has 15 heteroatoms. The van der Waals surface area contributed by atoms with Gasteiger partial charge in [0.2, 0.25) is 0 Å². The molecule has 0 rings (SSSR count). The number of carbonyl (C=O) groups is 2. The Kier molecular flexibility index (Phi) is 36.7. The summed E-state index contributed by atoms with van der Waals surface area (Å²) in [7, 11) is 0. The summed E-state index contributed by atoms with van der Waals surface area (Å²) in [5.74, 6) is 1.09. The van der Waals surface area contributed by atoms with Crippen LogP contribution < -0.4 is 5.73 Å². The predicted octanol–water partition coefficient (Wildman–Crippen LogP) is 1.70. The fraction of sp³-hybridized carbons (Fsp3) is 0.933. The molecule has 0 saturated heterocycles. The van der Waals surface area contributed by atoms with Gasteiger partial charge in [0.15, 0.2) is 0 Å². The molecule has 1 unspecified atom stereocenters. The van der Waals surface area contributed by atoms with E-state index in [-0.39, 0.29) is 37.3 Å². The van der Waals surface area contributed by atoms with Gasteiger partial charge in [-0.3, -0.25) is 9.59 Å². The van der Waals surface area contributed by atoms with Gasteiger partial charge in [-0.05, 0) is 19.8 Å². The Morgan fingerprint density at radius 2 is 0.956 bits per heavy atom. The van der Waals surface area contributed by atoms with Crippen molar-refractivity contribution in [2.75, 3.05) is 144 Å². The SMILES string of the molecule is CCCOCCOCCOCCOCCOOCCOCCOCCOCCOCCOC(=O)CCC(CSCCN)C(C)=O. The zero-order valence-corrected chi connectivity index (χ0v) is 28.4. The number of hydrogen-bond acceptors (Lipinski definition) is 15. The normalized spacial score (nSPS) is 12.1. The molecule has 0 aliphatic rings. The maximum Gasteiger partial charge on any atom is 0.305 e. The molecule has 0 aromatic rings. The minimum Gasteiger partial charge on any atom is -0.463 e. The van der Waals surface area contributed by atoms with Gasteiger partial charge in [-0.15, -0.1) is 0 Å². The summed E-state index contributed by atoms with van der Waals surface area (Å²) >= 11 is 1.63. The number of ketones is 1. The van der Waals surface area contributed by atoms with Crippen LogP contribution in [0.25, 0.3) is 0 Å². The number of nitrogens with two attached hydrogens (primary N) is 1. The van der Waals surface area contributed by atoms with Crippen LogP contribution in [0.5, 0.6) is 0 Å². The van der Waals surface area contributed by atoms with Crippen LogP contribution in [0.4, 0.5) is 0 Å².